The largest absolute Gasteiger partial charge is 0.336 e. The summed E-state index contributed by atoms with van der Waals surface area (Å²) in [4.78, 5) is 28.8. The number of amides is 1. The van der Waals surface area contributed by atoms with E-state index in [2.05, 4.69) is 30.5 Å². The molecule has 0 atom stereocenters. The summed E-state index contributed by atoms with van der Waals surface area (Å²) in [5, 5.41) is 10.2. The Hall–Kier alpha value is -5.04. The van der Waals surface area contributed by atoms with E-state index in [0.29, 0.717) is 51.0 Å². The fourth-order valence-electron chi connectivity index (χ4n) is 5.20. The van der Waals surface area contributed by atoms with Crippen molar-refractivity contribution in [3.8, 4) is 33.9 Å². The molecule has 10 nitrogen and oxygen atoms in total. The quantitative estimate of drug-likeness (QED) is 0.176. The predicted octanol–water partition coefficient (Wildman–Crippen LogP) is 6.08. The molecule has 0 aliphatic carbocycles. The molecular formula is C32H29F2N7O3S. The van der Waals surface area contributed by atoms with Crippen LogP contribution in [-0.2, 0) is 21.1 Å². The molecule has 0 bridgehead atoms. The molecule has 13 heteroatoms. The fraction of sp³-hybridized carbons (Fsp3) is 0.219. The number of anilines is 1. The number of hydrogen-bond acceptors (Lipinski definition) is 7. The van der Waals surface area contributed by atoms with Gasteiger partial charge >= 0.3 is 0 Å². The number of H-pyrrole nitrogens is 2. The number of hydrogen-bond donors (Lipinski definition) is 3. The third-order valence-electron chi connectivity index (χ3n) is 7.21. The molecule has 0 aliphatic heterocycles. The summed E-state index contributed by atoms with van der Waals surface area (Å²) in [5.41, 5.74) is 4.15. The number of sulfone groups is 1. The Morgan fingerprint density at radius 3 is 2.60 bits per heavy atom. The lowest BCUT2D eigenvalue weighted by Gasteiger charge is -2.09. The van der Waals surface area contributed by atoms with Crippen LogP contribution in [-0.4, -0.2) is 56.5 Å². The summed E-state index contributed by atoms with van der Waals surface area (Å²) in [6.07, 6.45) is 6.20. The van der Waals surface area contributed by atoms with Gasteiger partial charge in [-0.1, -0.05) is 13.8 Å². The van der Waals surface area contributed by atoms with Gasteiger partial charge in [0, 0.05) is 41.8 Å². The number of benzene rings is 2. The Morgan fingerprint density at radius 1 is 1.00 bits per heavy atom. The molecular weight excluding hydrogens is 600 g/mol. The van der Waals surface area contributed by atoms with E-state index >= 15 is 4.39 Å². The number of halogens is 2. The van der Waals surface area contributed by atoms with E-state index in [-0.39, 0.29) is 46.5 Å². The van der Waals surface area contributed by atoms with Crippen LogP contribution in [0.25, 0.3) is 55.8 Å². The molecule has 0 saturated heterocycles. The number of nitrogens with one attached hydrogen (secondary N) is 3. The van der Waals surface area contributed by atoms with E-state index in [0.717, 1.165) is 6.26 Å². The van der Waals surface area contributed by atoms with E-state index < -0.39 is 21.5 Å². The van der Waals surface area contributed by atoms with Crippen molar-refractivity contribution in [2.24, 2.45) is 5.92 Å². The van der Waals surface area contributed by atoms with Crippen molar-refractivity contribution in [2.45, 2.75) is 26.7 Å². The van der Waals surface area contributed by atoms with Gasteiger partial charge in [0.2, 0.25) is 5.91 Å². The lowest BCUT2D eigenvalue weighted by atomic mass is 10.0. The second kappa shape index (κ2) is 11.8. The number of nitrogens with zero attached hydrogens (tertiary/aromatic N) is 4. The molecule has 45 heavy (non-hydrogen) atoms. The van der Waals surface area contributed by atoms with Crippen LogP contribution in [0.2, 0.25) is 0 Å². The van der Waals surface area contributed by atoms with Crippen LogP contribution >= 0.6 is 0 Å². The van der Waals surface area contributed by atoms with Gasteiger partial charge in [0.1, 0.15) is 32.7 Å². The number of aromatic nitrogens is 6. The van der Waals surface area contributed by atoms with E-state index in [1.807, 2.05) is 13.8 Å². The normalized spacial score (nSPS) is 12.0. The molecule has 0 aliphatic rings. The van der Waals surface area contributed by atoms with Crippen molar-refractivity contribution >= 4 is 43.4 Å². The number of fused-ring (bicyclic) bond motifs is 2. The summed E-state index contributed by atoms with van der Waals surface area (Å²) < 4.78 is 54.2. The highest BCUT2D eigenvalue weighted by atomic mass is 32.2. The van der Waals surface area contributed by atoms with Crippen molar-refractivity contribution in [1.29, 1.82) is 0 Å². The standard InChI is InChI=1S/C32H29F2N7O3S/c1-17(2)10-26(42)37-22-14-20(15-35-16-22)23-4-5-24-27(28(23)34)31(41-40-24)32-38-25-6-8-36-29(30(25)39-32)19-11-18(12-21(33)13-19)7-9-45(3,43)44/h4-6,8,11-17H,7,9-10H2,1-3H3,(H,37,42)(H,38,39)(H,40,41). The van der Waals surface area contributed by atoms with Crippen molar-refractivity contribution in [3.05, 3.63) is 78.3 Å². The summed E-state index contributed by atoms with van der Waals surface area (Å²) in [6, 6.07) is 11.0. The first-order valence-electron chi connectivity index (χ1n) is 14.2. The van der Waals surface area contributed by atoms with E-state index in [9.17, 15) is 17.6 Å². The number of pyridine rings is 2. The Kier molecular flexibility index (Phi) is 7.87. The van der Waals surface area contributed by atoms with Crippen LogP contribution in [0, 0.1) is 17.6 Å². The van der Waals surface area contributed by atoms with Gasteiger partial charge in [0.25, 0.3) is 0 Å². The second-order valence-electron chi connectivity index (χ2n) is 11.4. The smallest absolute Gasteiger partial charge is 0.224 e. The van der Waals surface area contributed by atoms with Crippen molar-refractivity contribution < 1.29 is 22.0 Å². The van der Waals surface area contributed by atoms with Gasteiger partial charge in [-0.3, -0.25) is 19.9 Å². The Bertz CT molecular complexity index is 2190. The van der Waals surface area contributed by atoms with Crippen LogP contribution in [0.15, 0.2) is 61.1 Å². The fourth-order valence-corrected chi connectivity index (χ4v) is 5.81. The average molecular weight is 630 g/mol. The van der Waals surface area contributed by atoms with Gasteiger partial charge in [-0.2, -0.15) is 5.10 Å². The SMILES string of the molecule is CC(C)CC(=O)Nc1cncc(-c2ccc3[nH]nc(-c4nc5c(-c6cc(F)cc(CCS(C)(=O)=O)c6)nccc5[nH]4)c3c2F)c1. The first kappa shape index (κ1) is 30.0. The summed E-state index contributed by atoms with van der Waals surface area (Å²) in [6.45, 7) is 3.89. The molecule has 0 radical (unpaired) electrons. The van der Waals surface area contributed by atoms with Gasteiger partial charge in [-0.15, -0.1) is 0 Å². The molecule has 4 aromatic heterocycles. The number of carbonyl (C=O) groups excluding carboxylic acids is 1. The zero-order valence-corrected chi connectivity index (χ0v) is 25.5. The van der Waals surface area contributed by atoms with Crippen LogP contribution in [0.1, 0.15) is 25.8 Å². The summed E-state index contributed by atoms with van der Waals surface area (Å²) >= 11 is 0. The molecule has 0 unspecified atom stereocenters. The minimum absolute atomic E-state index is 0.118. The number of carbonyl (C=O) groups is 1. The number of aromatic amines is 2. The predicted molar refractivity (Wildman–Crippen MR) is 169 cm³/mol. The Balaban J connectivity index is 1.39. The van der Waals surface area contributed by atoms with Crippen LogP contribution in [0.5, 0.6) is 0 Å². The van der Waals surface area contributed by atoms with E-state index in [1.165, 1.54) is 24.5 Å². The molecule has 1 amide bonds. The molecule has 0 fully saturated rings. The minimum Gasteiger partial charge on any atom is -0.336 e. The maximum atomic E-state index is 16.2. The van der Waals surface area contributed by atoms with Crippen molar-refractivity contribution in [2.75, 3.05) is 17.3 Å². The van der Waals surface area contributed by atoms with Crippen molar-refractivity contribution in [1.82, 2.24) is 30.1 Å². The lowest BCUT2D eigenvalue weighted by Crippen LogP contribution is -2.14. The minimum atomic E-state index is -3.24. The topological polar surface area (TPSA) is 146 Å². The molecule has 0 spiro atoms. The second-order valence-corrected chi connectivity index (χ2v) is 13.7. The molecule has 2 aromatic carbocycles. The van der Waals surface area contributed by atoms with Gasteiger partial charge in [-0.25, -0.2) is 22.2 Å². The average Bonchev–Trinajstić information content (AvgIpc) is 3.60. The first-order chi connectivity index (χ1) is 21.4. The highest BCUT2D eigenvalue weighted by molar-refractivity contribution is 7.90. The number of rotatable bonds is 9. The number of aryl methyl sites for hydroxylation is 1. The summed E-state index contributed by atoms with van der Waals surface area (Å²) in [5.74, 6) is -0.904. The highest BCUT2D eigenvalue weighted by Crippen LogP contribution is 2.35. The Labute approximate surface area is 257 Å². The molecule has 4 heterocycles. The third kappa shape index (κ3) is 6.43. The monoisotopic (exact) mass is 629 g/mol. The molecule has 3 N–H and O–H groups in total. The molecule has 6 rings (SSSR count). The van der Waals surface area contributed by atoms with Gasteiger partial charge in [-0.05, 0) is 60.4 Å². The highest BCUT2D eigenvalue weighted by Gasteiger charge is 2.21. The molecule has 6 aromatic rings. The van der Waals surface area contributed by atoms with E-state index in [1.54, 1.807) is 36.5 Å². The Morgan fingerprint density at radius 2 is 1.82 bits per heavy atom. The van der Waals surface area contributed by atoms with Crippen LogP contribution in [0.3, 0.4) is 0 Å². The van der Waals surface area contributed by atoms with Crippen LogP contribution < -0.4 is 5.32 Å². The lowest BCUT2D eigenvalue weighted by molar-refractivity contribution is -0.116. The zero-order chi connectivity index (χ0) is 31.9. The maximum absolute atomic E-state index is 16.2. The zero-order valence-electron chi connectivity index (χ0n) is 24.6. The molecule has 230 valence electrons. The maximum Gasteiger partial charge on any atom is 0.224 e. The number of imidazole rings is 1. The summed E-state index contributed by atoms with van der Waals surface area (Å²) in [7, 11) is -3.24. The van der Waals surface area contributed by atoms with Crippen LogP contribution in [0.4, 0.5) is 14.5 Å². The van der Waals surface area contributed by atoms with Gasteiger partial charge in [0.05, 0.1) is 39.8 Å². The van der Waals surface area contributed by atoms with Gasteiger partial charge < -0.3 is 10.3 Å². The first-order valence-corrected chi connectivity index (χ1v) is 16.3. The molecule has 0 saturated carbocycles. The van der Waals surface area contributed by atoms with E-state index in [4.69, 9.17) is 4.98 Å². The van der Waals surface area contributed by atoms with Crippen molar-refractivity contribution in [3.63, 3.8) is 0 Å². The van der Waals surface area contributed by atoms with Gasteiger partial charge in [0.15, 0.2) is 5.82 Å². The third-order valence-corrected chi connectivity index (χ3v) is 8.16.